The van der Waals surface area contributed by atoms with E-state index in [2.05, 4.69) is 53.8 Å². The first kappa shape index (κ1) is 13.1. The van der Waals surface area contributed by atoms with Gasteiger partial charge in [0.1, 0.15) is 0 Å². The number of benzene rings is 1. The lowest BCUT2D eigenvalue weighted by Crippen LogP contribution is -2.33. The van der Waals surface area contributed by atoms with Crippen LogP contribution in [0, 0.1) is 5.41 Å². The Kier molecular flexibility index (Phi) is 4.02. The van der Waals surface area contributed by atoms with E-state index in [-0.39, 0.29) is 5.41 Å². The molecule has 0 fully saturated rings. The predicted molar refractivity (Wildman–Crippen MR) is 76.7 cm³/mol. The number of fused-ring (bicyclic) bond motifs is 1. The Morgan fingerprint density at radius 1 is 1.28 bits per heavy atom. The molecule has 1 aromatic carbocycles. The molecule has 0 aliphatic rings. The van der Waals surface area contributed by atoms with Gasteiger partial charge in [0, 0.05) is 13.1 Å². The molecule has 0 aliphatic carbocycles. The summed E-state index contributed by atoms with van der Waals surface area (Å²) in [5.41, 5.74) is 2.54. The van der Waals surface area contributed by atoms with Crippen molar-refractivity contribution in [2.45, 2.75) is 33.7 Å². The van der Waals surface area contributed by atoms with Gasteiger partial charge in [0.2, 0.25) is 0 Å². The lowest BCUT2D eigenvalue weighted by atomic mass is 9.93. The van der Waals surface area contributed by atoms with Crippen LogP contribution in [0.1, 0.15) is 27.2 Å². The second-order valence-electron chi connectivity index (χ2n) is 5.70. The molecular weight excluding hydrogens is 222 g/mol. The summed E-state index contributed by atoms with van der Waals surface area (Å²) < 4.78 is 2.25. The molecule has 0 atom stereocenters. The summed E-state index contributed by atoms with van der Waals surface area (Å²) in [5, 5.41) is 3.50. The fourth-order valence-corrected chi connectivity index (χ4v) is 2.26. The molecule has 1 N–H and O–H groups in total. The van der Waals surface area contributed by atoms with E-state index in [1.807, 2.05) is 12.4 Å². The molecule has 98 valence electrons. The highest BCUT2D eigenvalue weighted by molar-refractivity contribution is 5.74. The summed E-state index contributed by atoms with van der Waals surface area (Å²) in [6.45, 7) is 9.91. The van der Waals surface area contributed by atoms with E-state index in [0.29, 0.717) is 0 Å². The van der Waals surface area contributed by atoms with Crippen molar-refractivity contribution in [1.29, 1.82) is 0 Å². The smallest absolute Gasteiger partial charge is 0.0958 e. The van der Waals surface area contributed by atoms with E-state index in [1.165, 1.54) is 11.9 Å². The quantitative estimate of drug-likeness (QED) is 0.793. The molecule has 1 aromatic heterocycles. The van der Waals surface area contributed by atoms with Crippen LogP contribution in [0.25, 0.3) is 11.0 Å². The normalized spacial score (nSPS) is 12.2. The number of hydrogen-bond acceptors (Lipinski definition) is 2. The van der Waals surface area contributed by atoms with E-state index in [0.717, 1.165) is 25.2 Å². The maximum atomic E-state index is 4.44. The molecule has 3 nitrogen and oxygen atoms in total. The number of aromatic nitrogens is 2. The van der Waals surface area contributed by atoms with Gasteiger partial charge in [-0.05, 0) is 30.5 Å². The Bertz CT molecular complexity index is 499. The summed E-state index contributed by atoms with van der Waals surface area (Å²) in [6.07, 6.45) is 3.14. The lowest BCUT2D eigenvalue weighted by Gasteiger charge is -2.25. The third-order valence-corrected chi connectivity index (χ3v) is 3.16. The zero-order valence-corrected chi connectivity index (χ0v) is 11.6. The minimum absolute atomic E-state index is 0.235. The van der Waals surface area contributed by atoms with Crippen molar-refractivity contribution in [3.8, 4) is 0 Å². The van der Waals surface area contributed by atoms with E-state index in [9.17, 15) is 0 Å². The first-order chi connectivity index (χ1) is 8.62. The van der Waals surface area contributed by atoms with Gasteiger partial charge in [-0.25, -0.2) is 4.98 Å². The SMILES string of the molecule is CCCNCC(C)(C)Cn1cnc2ccccc21. The molecule has 0 saturated heterocycles. The first-order valence-electron chi connectivity index (χ1n) is 6.73. The van der Waals surface area contributed by atoms with Gasteiger partial charge in [0.05, 0.1) is 17.4 Å². The van der Waals surface area contributed by atoms with Crippen LogP contribution in [-0.4, -0.2) is 22.6 Å². The summed E-state index contributed by atoms with van der Waals surface area (Å²) in [7, 11) is 0. The van der Waals surface area contributed by atoms with Gasteiger partial charge in [-0.2, -0.15) is 0 Å². The van der Waals surface area contributed by atoms with Crippen molar-refractivity contribution >= 4 is 11.0 Å². The van der Waals surface area contributed by atoms with Gasteiger partial charge >= 0.3 is 0 Å². The molecule has 0 amide bonds. The highest BCUT2D eigenvalue weighted by atomic mass is 15.1. The number of hydrogen-bond donors (Lipinski definition) is 1. The standard InChI is InChI=1S/C15H23N3/c1-4-9-16-10-15(2,3)11-18-12-17-13-7-5-6-8-14(13)18/h5-8,12,16H,4,9-11H2,1-3H3. The maximum Gasteiger partial charge on any atom is 0.0958 e. The summed E-state index contributed by atoms with van der Waals surface area (Å²) in [5.74, 6) is 0. The Morgan fingerprint density at radius 3 is 2.83 bits per heavy atom. The van der Waals surface area contributed by atoms with Crippen molar-refractivity contribution in [2.75, 3.05) is 13.1 Å². The van der Waals surface area contributed by atoms with E-state index < -0.39 is 0 Å². The van der Waals surface area contributed by atoms with Crippen LogP contribution < -0.4 is 5.32 Å². The van der Waals surface area contributed by atoms with Gasteiger partial charge in [-0.3, -0.25) is 0 Å². The van der Waals surface area contributed by atoms with Crippen LogP contribution in [0.2, 0.25) is 0 Å². The predicted octanol–water partition coefficient (Wildman–Crippen LogP) is 3.06. The Hall–Kier alpha value is -1.35. The van der Waals surface area contributed by atoms with Crippen LogP contribution in [-0.2, 0) is 6.54 Å². The minimum atomic E-state index is 0.235. The zero-order valence-electron chi connectivity index (χ0n) is 11.6. The lowest BCUT2D eigenvalue weighted by molar-refractivity contribution is 0.293. The molecule has 1 heterocycles. The molecule has 0 radical (unpaired) electrons. The number of para-hydroxylation sites is 2. The molecule has 18 heavy (non-hydrogen) atoms. The Labute approximate surface area is 109 Å². The van der Waals surface area contributed by atoms with Crippen LogP contribution >= 0.6 is 0 Å². The van der Waals surface area contributed by atoms with Crippen molar-refractivity contribution in [3.63, 3.8) is 0 Å². The van der Waals surface area contributed by atoms with Gasteiger partial charge in [0.25, 0.3) is 0 Å². The molecule has 0 saturated carbocycles. The topological polar surface area (TPSA) is 29.9 Å². The van der Waals surface area contributed by atoms with E-state index in [1.54, 1.807) is 0 Å². The molecule has 0 unspecified atom stereocenters. The molecule has 0 aliphatic heterocycles. The highest BCUT2D eigenvalue weighted by Gasteiger charge is 2.19. The summed E-state index contributed by atoms with van der Waals surface area (Å²) in [6, 6.07) is 8.31. The van der Waals surface area contributed by atoms with Crippen LogP contribution in [0.15, 0.2) is 30.6 Å². The van der Waals surface area contributed by atoms with Gasteiger partial charge in [-0.1, -0.05) is 32.9 Å². The monoisotopic (exact) mass is 245 g/mol. The molecule has 0 spiro atoms. The van der Waals surface area contributed by atoms with E-state index in [4.69, 9.17) is 0 Å². The van der Waals surface area contributed by atoms with Gasteiger partial charge in [-0.15, -0.1) is 0 Å². The van der Waals surface area contributed by atoms with Crippen molar-refractivity contribution in [1.82, 2.24) is 14.9 Å². The van der Waals surface area contributed by atoms with Crippen molar-refractivity contribution < 1.29 is 0 Å². The maximum absolute atomic E-state index is 4.44. The zero-order chi connectivity index (χ0) is 13.0. The first-order valence-corrected chi connectivity index (χ1v) is 6.73. The second-order valence-corrected chi connectivity index (χ2v) is 5.70. The third-order valence-electron chi connectivity index (χ3n) is 3.16. The van der Waals surface area contributed by atoms with Crippen molar-refractivity contribution in [3.05, 3.63) is 30.6 Å². The van der Waals surface area contributed by atoms with Crippen LogP contribution in [0.3, 0.4) is 0 Å². The fourth-order valence-electron chi connectivity index (χ4n) is 2.26. The summed E-state index contributed by atoms with van der Waals surface area (Å²) in [4.78, 5) is 4.44. The van der Waals surface area contributed by atoms with Gasteiger partial charge < -0.3 is 9.88 Å². The molecule has 2 aromatic rings. The number of nitrogens with one attached hydrogen (secondary N) is 1. The largest absolute Gasteiger partial charge is 0.330 e. The van der Waals surface area contributed by atoms with Crippen LogP contribution in [0.4, 0.5) is 0 Å². The molecule has 0 bridgehead atoms. The fraction of sp³-hybridized carbons (Fsp3) is 0.533. The number of imidazole rings is 1. The van der Waals surface area contributed by atoms with Gasteiger partial charge in [0.15, 0.2) is 0 Å². The number of rotatable bonds is 6. The average molecular weight is 245 g/mol. The number of nitrogens with zero attached hydrogens (tertiary/aromatic N) is 2. The van der Waals surface area contributed by atoms with E-state index >= 15 is 0 Å². The third kappa shape index (κ3) is 3.10. The molecule has 2 rings (SSSR count). The summed E-state index contributed by atoms with van der Waals surface area (Å²) >= 11 is 0. The molecular formula is C15H23N3. The Morgan fingerprint density at radius 2 is 2.06 bits per heavy atom. The average Bonchev–Trinajstić information content (AvgIpc) is 2.72. The second kappa shape index (κ2) is 5.53. The highest BCUT2D eigenvalue weighted by Crippen LogP contribution is 2.20. The van der Waals surface area contributed by atoms with Crippen LogP contribution in [0.5, 0.6) is 0 Å². The molecule has 3 heteroatoms. The Balaban J connectivity index is 2.08. The van der Waals surface area contributed by atoms with Crippen molar-refractivity contribution in [2.24, 2.45) is 5.41 Å². The minimum Gasteiger partial charge on any atom is -0.330 e.